The minimum atomic E-state index is 0. The molecule has 0 fully saturated rings. The van der Waals surface area contributed by atoms with Gasteiger partial charge < -0.3 is 4.79 Å². The van der Waals surface area contributed by atoms with Gasteiger partial charge in [0.1, 0.15) is 0 Å². The predicted octanol–water partition coefficient (Wildman–Crippen LogP) is 1.10. The Hall–Kier alpha value is 4.80. The Kier molecular flexibility index (Phi) is 45.6. The fourth-order valence-electron chi connectivity index (χ4n) is 0.656. The standard InChI is InChI=1S/C6H7O.5Y/c1-5-2-3-6(7)4-5;;;;;/h4H,1-3H2;;;;;/q-1;;;;;. The second-order valence-corrected chi connectivity index (χ2v) is 1.77. The van der Waals surface area contributed by atoms with Crippen molar-refractivity contribution in [1.82, 2.24) is 0 Å². The zero-order valence-corrected chi connectivity index (χ0v) is 21.2. The summed E-state index contributed by atoms with van der Waals surface area (Å²) in [5.74, 6) is 0.227. The summed E-state index contributed by atoms with van der Waals surface area (Å²) in [5.41, 5.74) is 0.977. The summed E-state index contributed by atoms with van der Waals surface area (Å²) >= 11 is 0. The Balaban J connectivity index is -0.0000000327. The van der Waals surface area contributed by atoms with Crippen molar-refractivity contribution >= 4 is 5.78 Å². The van der Waals surface area contributed by atoms with Crippen molar-refractivity contribution in [2.75, 3.05) is 0 Å². The third-order valence-corrected chi connectivity index (χ3v) is 1.06. The van der Waals surface area contributed by atoms with Gasteiger partial charge in [0.15, 0.2) is 0 Å². The molecule has 12 heavy (non-hydrogen) atoms. The third kappa shape index (κ3) is 14.8. The first kappa shape index (κ1) is 30.1. The molecular formula is C6H7OY5-. The van der Waals surface area contributed by atoms with Crippen molar-refractivity contribution in [3.63, 3.8) is 0 Å². The van der Waals surface area contributed by atoms with Crippen LogP contribution in [0.5, 0.6) is 0 Å². The van der Waals surface area contributed by atoms with Gasteiger partial charge in [-0.2, -0.15) is 6.08 Å². The molecule has 0 aromatic heterocycles. The molecule has 0 atom stereocenters. The van der Waals surface area contributed by atoms with E-state index >= 15 is 0 Å². The smallest absolute Gasteiger partial charge is 0.0768 e. The van der Waals surface area contributed by atoms with Crippen LogP contribution in [-0.4, -0.2) is 5.78 Å². The number of allylic oxidation sites excluding steroid dienone is 2. The van der Waals surface area contributed by atoms with Crippen molar-refractivity contribution in [3.8, 4) is 0 Å². The van der Waals surface area contributed by atoms with E-state index in [4.69, 9.17) is 0 Å². The second kappa shape index (κ2) is 18.2. The van der Waals surface area contributed by atoms with E-state index < -0.39 is 0 Å². The molecular weight excluding hydrogens is 533 g/mol. The number of carbonyl (C=O) groups excluding carboxylic acids is 1. The molecule has 1 aliphatic rings. The minimum Gasteiger partial charge on any atom is -0.316 e. The maximum Gasteiger partial charge on any atom is 0.0768 e. The molecule has 0 bridgehead atoms. The Bertz CT molecular complexity index is 134. The number of hydrogen-bond donors (Lipinski definition) is 0. The van der Waals surface area contributed by atoms with Gasteiger partial charge in [0, 0.05) is 164 Å². The average Bonchev–Trinajstić information content (AvgIpc) is 1.87. The van der Waals surface area contributed by atoms with Gasteiger partial charge in [-0.15, -0.1) is 0 Å². The number of rotatable bonds is 0. The van der Waals surface area contributed by atoms with E-state index in [2.05, 4.69) is 6.92 Å². The van der Waals surface area contributed by atoms with Crippen LogP contribution in [0.4, 0.5) is 0 Å². The van der Waals surface area contributed by atoms with Crippen LogP contribution in [0.2, 0.25) is 0 Å². The molecule has 0 aromatic rings. The quantitative estimate of drug-likeness (QED) is 0.422. The Morgan fingerprint density at radius 2 is 1.42 bits per heavy atom. The van der Waals surface area contributed by atoms with Crippen LogP contribution in [0.1, 0.15) is 12.8 Å². The minimum absolute atomic E-state index is 0. The summed E-state index contributed by atoms with van der Waals surface area (Å²) in [6, 6.07) is 0. The summed E-state index contributed by atoms with van der Waals surface area (Å²) in [4.78, 5) is 10.3. The first-order valence-electron chi connectivity index (χ1n) is 2.34. The third-order valence-electron chi connectivity index (χ3n) is 1.06. The molecule has 53 valence electrons. The van der Waals surface area contributed by atoms with Gasteiger partial charge in [0.05, 0.1) is 5.78 Å². The number of hydrogen-bond acceptors (Lipinski definition) is 1. The maximum absolute atomic E-state index is 10.3. The van der Waals surface area contributed by atoms with Crippen LogP contribution in [0.25, 0.3) is 0 Å². The molecule has 5 radical (unpaired) electrons. The molecule has 6 heteroatoms. The van der Waals surface area contributed by atoms with Crippen LogP contribution >= 0.6 is 0 Å². The average molecular weight is 540 g/mol. The van der Waals surface area contributed by atoms with Crippen molar-refractivity contribution in [2.45, 2.75) is 12.8 Å². The van der Waals surface area contributed by atoms with Gasteiger partial charge in [0.2, 0.25) is 0 Å². The number of ketones is 1. The maximum atomic E-state index is 10.3. The van der Waals surface area contributed by atoms with E-state index in [-0.39, 0.29) is 169 Å². The van der Waals surface area contributed by atoms with Crippen LogP contribution in [0, 0.1) is 6.92 Å². The van der Waals surface area contributed by atoms with Crippen LogP contribution in [0.3, 0.4) is 0 Å². The molecule has 0 unspecified atom stereocenters. The first-order chi connectivity index (χ1) is 3.29. The Morgan fingerprint density at radius 1 is 1.00 bits per heavy atom. The summed E-state index contributed by atoms with van der Waals surface area (Å²) in [5, 5.41) is 0. The van der Waals surface area contributed by atoms with Gasteiger partial charge in [-0.05, 0) is 6.42 Å². The topological polar surface area (TPSA) is 17.1 Å². The predicted molar refractivity (Wildman–Crippen MR) is 27.7 cm³/mol. The van der Waals surface area contributed by atoms with E-state index in [1.54, 1.807) is 6.08 Å². The molecule has 1 aliphatic carbocycles. The van der Waals surface area contributed by atoms with Gasteiger partial charge in [-0.25, -0.2) is 12.5 Å². The van der Waals surface area contributed by atoms with E-state index in [1.165, 1.54) is 0 Å². The normalized spacial score (nSPS) is 11.7. The molecule has 0 heterocycles. The molecule has 0 aromatic carbocycles. The van der Waals surface area contributed by atoms with E-state index in [1.807, 2.05) is 0 Å². The van der Waals surface area contributed by atoms with Crippen molar-refractivity contribution in [1.29, 1.82) is 0 Å². The second-order valence-electron chi connectivity index (χ2n) is 1.77. The summed E-state index contributed by atoms with van der Waals surface area (Å²) in [6.45, 7) is 3.63. The fraction of sp³-hybridized carbons (Fsp3) is 0.333. The summed E-state index contributed by atoms with van der Waals surface area (Å²) < 4.78 is 0. The van der Waals surface area contributed by atoms with Crippen LogP contribution in [-0.2, 0) is 168 Å². The van der Waals surface area contributed by atoms with E-state index in [9.17, 15) is 4.79 Å². The molecule has 1 nitrogen and oxygen atoms in total. The van der Waals surface area contributed by atoms with Crippen molar-refractivity contribution in [2.24, 2.45) is 0 Å². The molecule has 0 amide bonds. The van der Waals surface area contributed by atoms with Gasteiger partial charge in [-0.3, -0.25) is 0 Å². The largest absolute Gasteiger partial charge is 0.316 e. The van der Waals surface area contributed by atoms with Gasteiger partial charge in [0.25, 0.3) is 0 Å². The Labute approximate surface area is 200 Å². The molecule has 0 aliphatic heterocycles. The SMILES string of the molecule is [CH2-]C1=CC(=O)CC1.[Y].[Y].[Y].[Y].[Y]. The molecule has 0 saturated carbocycles. The zero-order chi connectivity index (χ0) is 5.28. The summed E-state index contributed by atoms with van der Waals surface area (Å²) in [6.07, 6.45) is 3.16. The number of carbonyl (C=O) groups is 1. The molecule has 0 N–H and O–H groups in total. The molecule has 0 spiro atoms. The van der Waals surface area contributed by atoms with Crippen LogP contribution in [0.15, 0.2) is 11.6 Å². The Morgan fingerprint density at radius 3 is 1.50 bits per heavy atom. The zero-order valence-electron chi connectivity index (χ0n) is 6.99. The van der Waals surface area contributed by atoms with E-state index in [0.717, 1.165) is 12.0 Å². The van der Waals surface area contributed by atoms with Crippen molar-refractivity contribution in [3.05, 3.63) is 18.6 Å². The van der Waals surface area contributed by atoms with Gasteiger partial charge >= 0.3 is 0 Å². The first-order valence-corrected chi connectivity index (χ1v) is 2.34. The molecule has 1 rings (SSSR count). The monoisotopic (exact) mass is 540 g/mol. The van der Waals surface area contributed by atoms with Crippen LogP contribution < -0.4 is 0 Å². The van der Waals surface area contributed by atoms with Gasteiger partial charge in [-0.1, -0.05) is 6.42 Å². The van der Waals surface area contributed by atoms with E-state index in [0.29, 0.717) is 6.42 Å². The summed E-state index contributed by atoms with van der Waals surface area (Å²) in [7, 11) is 0. The molecule has 0 saturated heterocycles. The fourth-order valence-corrected chi connectivity index (χ4v) is 0.656. The van der Waals surface area contributed by atoms with Crippen molar-refractivity contribution < 1.29 is 168 Å².